The van der Waals surface area contributed by atoms with E-state index in [0.717, 1.165) is 5.69 Å². The molecule has 0 fully saturated rings. The predicted molar refractivity (Wildman–Crippen MR) is 634 cm³/mol. The van der Waals surface area contributed by atoms with Gasteiger partial charge in [0.25, 0.3) is 0 Å². The lowest BCUT2D eigenvalue weighted by Crippen LogP contribution is -1.94. The van der Waals surface area contributed by atoms with Gasteiger partial charge in [-0.05, 0) is 288 Å². The van der Waals surface area contributed by atoms with Gasteiger partial charge in [-0.1, -0.05) is 394 Å². The van der Waals surface area contributed by atoms with Crippen molar-refractivity contribution in [2.45, 2.75) is 0 Å². The molecule has 0 N–H and O–H groups in total. The quantitative estimate of drug-likeness (QED) is 0.0979. The van der Waals surface area contributed by atoms with Crippen molar-refractivity contribution >= 4 is 131 Å². The molecule has 0 aliphatic heterocycles. The van der Waals surface area contributed by atoms with Crippen molar-refractivity contribution < 1.29 is 0 Å². The van der Waals surface area contributed by atoms with E-state index in [9.17, 15) is 0 Å². The summed E-state index contributed by atoms with van der Waals surface area (Å²) in [4.78, 5) is 0. The van der Waals surface area contributed by atoms with Crippen LogP contribution in [0.3, 0.4) is 0 Å². The van der Waals surface area contributed by atoms with Gasteiger partial charge in [-0.25, -0.2) is 0 Å². The first-order valence-corrected chi connectivity index (χ1v) is 51.6. The summed E-state index contributed by atoms with van der Waals surface area (Å²) in [6, 6.07) is 211. The van der Waals surface area contributed by atoms with Gasteiger partial charge in [0, 0.05) is 98.8 Å². The molecule has 30 aromatic rings. The average Bonchev–Trinajstić information content (AvgIpc) is 1.62. The highest BCUT2D eigenvalue weighted by molar-refractivity contribution is 6.17. The van der Waals surface area contributed by atoms with E-state index in [2.05, 4.69) is 610 Å². The van der Waals surface area contributed by atoms with Crippen LogP contribution in [0.2, 0.25) is 0 Å². The highest BCUT2D eigenvalue weighted by Gasteiger charge is 2.24. The van der Waals surface area contributed by atoms with E-state index in [-0.39, 0.29) is 0 Å². The maximum atomic E-state index is 2.42. The van der Waals surface area contributed by atoms with E-state index in [1.807, 2.05) is 0 Å². The van der Waals surface area contributed by atoms with Crippen LogP contribution in [-0.2, 0) is 0 Å². The highest BCUT2D eigenvalue weighted by atomic mass is 15.0. The fraction of sp³-hybridized carbons (Fsp3) is 0. The minimum Gasteiger partial charge on any atom is -0.309 e. The Bertz CT molecular complexity index is 10300. The molecule has 150 heavy (non-hydrogen) atoms. The van der Waals surface area contributed by atoms with Crippen LogP contribution in [0.1, 0.15) is 0 Å². The molecule has 6 nitrogen and oxygen atoms in total. The summed E-state index contributed by atoms with van der Waals surface area (Å²) in [7, 11) is 0. The van der Waals surface area contributed by atoms with Gasteiger partial charge < -0.3 is 27.4 Å². The van der Waals surface area contributed by atoms with Crippen molar-refractivity contribution in [1.29, 1.82) is 0 Å². The van der Waals surface area contributed by atoms with Crippen LogP contribution in [0.4, 0.5) is 0 Å². The first-order valence-electron chi connectivity index (χ1n) is 51.6. The molecule has 0 spiro atoms. The van der Waals surface area contributed by atoms with E-state index in [0.29, 0.717) is 0 Å². The molecule has 0 radical (unpaired) electrons. The Hall–Kier alpha value is -19.9. The molecule has 0 saturated carbocycles. The van der Waals surface area contributed by atoms with Crippen molar-refractivity contribution in [2.24, 2.45) is 0 Å². The van der Waals surface area contributed by atoms with E-state index in [1.54, 1.807) is 0 Å². The normalized spacial score (nSPS) is 11.6. The van der Waals surface area contributed by atoms with Gasteiger partial charge in [0.1, 0.15) is 0 Å². The lowest BCUT2D eigenvalue weighted by Gasteiger charge is -2.11. The number of hydrogen-bond donors (Lipinski definition) is 0. The standard InChI is InChI=1S/C60H40N2.2C42H28N2/c1-4-13-41(14-5-1)43-23-25-44(26-24-43)46-17-12-18-47(37-46)50-31-36-60-56(40-50)55-39-48(42-15-6-2-7-16-42)29-35-59(55)62(60)52-32-27-45(28-33-52)49-30-34-58-54(38-49)53-21-10-11-22-57(53)61(58)51-19-8-3-9-20-51;1-3-11-29(12-4-1)32-21-25-37-38-27-31(22-26-41(38)44(42(37)28-32)33-13-5-2-6-14-33)30-19-23-34(24-20-30)43-39-17-9-7-15-35(39)36-16-8-10-18-40(36)43;1-3-11-29(12-4-1)31-21-25-41-37(27-31)38-28-32(22-26-42(38)43(41)33-13-5-2-6-14-33)30-19-23-34(24-20-30)44-39-17-9-7-15-35(39)36-16-8-10-18-40(36)44/h1-40H;2*1-28H. The number of fused-ring (bicyclic) bond motifs is 18. The maximum Gasteiger partial charge on any atom is 0.0547 e. The Labute approximate surface area is 868 Å². The zero-order valence-corrected chi connectivity index (χ0v) is 82.1. The van der Waals surface area contributed by atoms with Crippen LogP contribution in [0.5, 0.6) is 0 Å². The van der Waals surface area contributed by atoms with Crippen LogP contribution >= 0.6 is 0 Å². The molecule has 6 heterocycles. The lowest BCUT2D eigenvalue weighted by molar-refractivity contribution is 1.18. The Balaban J connectivity index is 0.000000111. The monoisotopic (exact) mass is 1910 g/mol. The fourth-order valence-electron chi connectivity index (χ4n) is 23.2. The lowest BCUT2D eigenvalue weighted by atomic mass is 9.96. The van der Waals surface area contributed by atoms with Gasteiger partial charge in [-0.2, -0.15) is 0 Å². The summed E-state index contributed by atoms with van der Waals surface area (Å²) in [6.07, 6.45) is 0. The van der Waals surface area contributed by atoms with Crippen LogP contribution in [0, 0.1) is 0 Å². The average molecular weight is 1910 g/mol. The van der Waals surface area contributed by atoms with Crippen molar-refractivity contribution in [2.75, 3.05) is 0 Å². The Kier molecular flexibility index (Phi) is 21.9. The van der Waals surface area contributed by atoms with Gasteiger partial charge in [-0.3, -0.25) is 0 Å². The van der Waals surface area contributed by atoms with E-state index in [4.69, 9.17) is 0 Å². The number of aromatic nitrogens is 6. The molecule has 0 atom stereocenters. The molecular weight excluding hydrogens is 1810 g/mol. The molecule has 0 unspecified atom stereocenters. The van der Waals surface area contributed by atoms with Gasteiger partial charge in [-0.15, -0.1) is 0 Å². The number of hydrogen-bond acceptors (Lipinski definition) is 0. The molecule has 6 heteroatoms. The largest absolute Gasteiger partial charge is 0.309 e. The topological polar surface area (TPSA) is 29.6 Å². The first-order chi connectivity index (χ1) is 74.4. The van der Waals surface area contributed by atoms with E-state index >= 15 is 0 Å². The second-order valence-electron chi connectivity index (χ2n) is 39.0. The van der Waals surface area contributed by atoms with Crippen LogP contribution in [0.15, 0.2) is 582 Å². The number of para-hydroxylation sites is 8. The van der Waals surface area contributed by atoms with Crippen LogP contribution in [0.25, 0.3) is 265 Å². The third kappa shape index (κ3) is 15.6. The Morgan fingerprint density at radius 2 is 0.220 bits per heavy atom. The van der Waals surface area contributed by atoms with Crippen molar-refractivity contribution in [1.82, 2.24) is 27.4 Å². The number of rotatable bonds is 15. The van der Waals surface area contributed by atoms with E-state index in [1.165, 1.54) is 259 Å². The molecule has 0 amide bonds. The van der Waals surface area contributed by atoms with Gasteiger partial charge in [0.05, 0.1) is 66.2 Å². The predicted octanol–water partition coefficient (Wildman–Crippen LogP) is 38.6. The van der Waals surface area contributed by atoms with E-state index < -0.39 is 0 Å². The minimum atomic E-state index is 1.14. The second-order valence-corrected chi connectivity index (χ2v) is 39.0. The fourth-order valence-corrected chi connectivity index (χ4v) is 23.2. The third-order valence-corrected chi connectivity index (χ3v) is 30.4. The van der Waals surface area contributed by atoms with Gasteiger partial charge >= 0.3 is 0 Å². The summed E-state index contributed by atoms with van der Waals surface area (Å²) in [6.45, 7) is 0. The third-order valence-electron chi connectivity index (χ3n) is 30.4. The molecule has 702 valence electrons. The van der Waals surface area contributed by atoms with Crippen molar-refractivity contribution in [3.05, 3.63) is 582 Å². The molecule has 0 aliphatic carbocycles. The van der Waals surface area contributed by atoms with Crippen LogP contribution < -0.4 is 0 Å². The zero-order chi connectivity index (χ0) is 99.1. The molecule has 6 aromatic heterocycles. The van der Waals surface area contributed by atoms with Crippen molar-refractivity contribution in [3.63, 3.8) is 0 Å². The molecule has 24 aromatic carbocycles. The highest BCUT2D eigenvalue weighted by Crippen LogP contribution is 2.46. The van der Waals surface area contributed by atoms with Crippen molar-refractivity contribution in [3.8, 4) is 134 Å². The van der Waals surface area contributed by atoms with Gasteiger partial charge in [0.2, 0.25) is 0 Å². The summed E-state index contributed by atoms with van der Waals surface area (Å²) in [5, 5.41) is 15.1. The molecule has 30 rings (SSSR count). The number of nitrogens with zero attached hydrogens (tertiary/aromatic N) is 6. The molecule has 0 saturated heterocycles. The molecule has 0 aliphatic rings. The van der Waals surface area contributed by atoms with Gasteiger partial charge in [0.15, 0.2) is 0 Å². The maximum absolute atomic E-state index is 2.42. The minimum absolute atomic E-state index is 1.14. The molecule has 0 bridgehead atoms. The second kappa shape index (κ2) is 37.4. The zero-order valence-electron chi connectivity index (χ0n) is 82.1. The molecular formula is C144H96N6. The summed E-state index contributed by atoms with van der Waals surface area (Å²) in [5.74, 6) is 0. The Morgan fingerprint density at radius 3 is 0.500 bits per heavy atom. The Morgan fingerprint density at radius 1 is 0.0733 bits per heavy atom. The van der Waals surface area contributed by atoms with Crippen LogP contribution in [-0.4, -0.2) is 27.4 Å². The summed E-state index contributed by atoms with van der Waals surface area (Å²) in [5.41, 5.74) is 43.4. The first kappa shape index (κ1) is 87.8. The smallest absolute Gasteiger partial charge is 0.0547 e. The number of benzene rings is 24. The summed E-state index contributed by atoms with van der Waals surface area (Å²) < 4.78 is 14.3. The SMILES string of the molecule is c1ccc(-c2ccc(-c3cccc(-c4ccc5c(c4)c4cc(-c6ccccc6)ccc4n5-c4ccc(-c5ccc6c(c5)c5ccccc5n6-c5ccccc5)cc4)c3)cc2)cc1.c1ccc(-c2ccc3c(c2)c2cc(-c4ccc(-n5c6ccccc6c6ccccc65)cc4)ccc2n3-c2ccccc2)cc1.c1ccc(-c2ccc3c4cc(-c5ccc(-n6c7ccccc7c7ccccc76)cc5)ccc4n(-c4ccccc4)c3c2)cc1. The summed E-state index contributed by atoms with van der Waals surface area (Å²) >= 11 is 0.